The number of carbonyl (C=O) groups excluding carboxylic acids is 1. The van der Waals surface area contributed by atoms with Crippen molar-refractivity contribution in [2.45, 2.75) is 76.7 Å². The van der Waals surface area contributed by atoms with Gasteiger partial charge in [-0.25, -0.2) is 4.79 Å². The number of nitrogens with zero attached hydrogens (tertiary/aromatic N) is 1. The molecule has 2 aliphatic heterocycles. The van der Waals surface area contributed by atoms with E-state index in [0.717, 1.165) is 32.3 Å². The van der Waals surface area contributed by atoms with Gasteiger partial charge in [-0.2, -0.15) is 0 Å². The van der Waals surface area contributed by atoms with Crippen LogP contribution in [0.5, 0.6) is 0 Å². The molecule has 6 nitrogen and oxygen atoms in total. The van der Waals surface area contributed by atoms with Gasteiger partial charge >= 0.3 is 6.09 Å². The molecule has 0 radical (unpaired) electrons. The minimum Gasteiger partial charge on any atom is -0.444 e. The average Bonchev–Trinajstić information content (AvgIpc) is 2.46. The van der Waals surface area contributed by atoms with Gasteiger partial charge in [0.05, 0.1) is 12.2 Å². The Labute approximate surface area is 139 Å². The zero-order valence-electron chi connectivity index (χ0n) is 14.9. The summed E-state index contributed by atoms with van der Waals surface area (Å²) in [6, 6.07) is 0.482. The molecule has 2 N–H and O–H groups in total. The Morgan fingerprint density at radius 3 is 2.65 bits per heavy atom. The number of nitrogens with one attached hydrogen (secondary N) is 1. The van der Waals surface area contributed by atoms with Gasteiger partial charge in [0.15, 0.2) is 0 Å². The first-order valence-electron chi connectivity index (χ1n) is 8.72. The summed E-state index contributed by atoms with van der Waals surface area (Å²) in [4.78, 5) is 13.9. The molecule has 0 aliphatic carbocycles. The van der Waals surface area contributed by atoms with Crippen LogP contribution in [0.25, 0.3) is 0 Å². The fourth-order valence-corrected chi connectivity index (χ4v) is 3.40. The number of ether oxygens (including phenoxy) is 2. The highest BCUT2D eigenvalue weighted by Gasteiger charge is 2.41. The predicted molar refractivity (Wildman–Crippen MR) is 88.4 cm³/mol. The van der Waals surface area contributed by atoms with E-state index < -0.39 is 5.60 Å². The van der Waals surface area contributed by atoms with E-state index in [1.807, 2.05) is 27.7 Å². The zero-order valence-corrected chi connectivity index (χ0v) is 14.9. The molecular weight excluding hydrogens is 296 g/mol. The minimum atomic E-state index is -0.455. The molecule has 2 atom stereocenters. The summed E-state index contributed by atoms with van der Waals surface area (Å²) in [5.74, 6) is 0. The van der Waals surface area contributed by atoms with E-state index in [-0.39, 0.29) is 24.3 Å². The molecular formula is C17H32N2O4. The van der Waals surface area contributed by atoms with Gasteiger partial charge < -0.3 is 24.8 Å². The lowest BCUT2D eigenvalue weighted by Crippen LogP contribution is -2.55. The molecule has 6 heteroatoms. The molecule has 1 amide bonds. The van der Waals surface area contributed by atoms with Crippen LogP contribution in [-0.2, 0) is 9.47 Å². The van der Waals surface area contributed by atoms with Crippen LogP contribution in [-0.4, -0.2) is 65.7 Å². The number of aliphatic hydroxyl groups is 1. The lowest BCUT2D eigenvalue weighted by atomic mass is 9.82. The number of rotatable bonds is 3. The van der Waals surface area contributed by atoms with Gasteiger partial charge in [-0.3, -0.25) is 0 Å². The van der Waals surface area contributed by atoms with Crippen molar-refractivity contribution in [3.8, 4) is 0 Å². The van der Waals surface area contributed by atoms with Crippen LogP contribution >= 0.6 is 0 Å². The SMILES string of the molecule is C[C@@H](CO)NC1CCOC2(CCN(C(=O)OC(C)(C)C)CC2)C1. The Morgan fingerprint density at radius 2 is 2.09 bits per heavy atom. The molecule has 0 aromatic heterocycles. The first-order chi connectivity index (χ1) is 10.7. The van der Waals surface area contributed by atoms with Crippen LogP contribution in [0, 0.1) is 0 Å². The number of amides is 1. The summed E-state index contributed by atoms with van der Waals surface area (Å²) >= 11 is 0. The zero-order chi connectivity index (χ0) is 17.1. The van der Waals surface area contributed by atoms with Crippen LogP contribution in [0.1, 0.15) is 53.4 Å². The first-order valence-corrected chi connectivity index (χ1v) is 8.72. The maximum absolute atomic E-state index is 12.2. The highest BCUT2D eigenvalue weighted by atomic mass is 16.6. The number of hydrogen-bond donors (Lipinski definition) is 2. The molecule has 134 valence electrons. The summed E-state index contributed by atoms with van der Waals surface area (Å²) in [6.07, 6.45) is 3.38. The Kier molecular flexibility index (Phi) is 5.92. The van der Waals surface area contributed by atoms with E-state index >= 15 is 0 Å². The van der Waals surface area contributed by atoms with E-state index in [9.17, 15) is 9.90 Å². The van der Waals surface area contributed by atoms with Gasteiger partial charge in [0, 0.05) is 31.8 Å². The second-order valence-electron chi connectivity index (χ2n) is 7.94. The van der Waals surface area contributed by atoms with Crippen molar-refractivity contribution >= 4 is 6.09 Å². The molecule has 1 unspecified atom stereocenters. The summed E-state index contributed by atoms with van der Waals surface area (Å²) in [5.41, 5.74) is -0.591. The third kappa shape index (κ3) is 5.33. The minimum absolute atomic E-state index is 0.108. The van der Waals surface area contributed by atoms with Gasteiger partial charge in [0.2, 0.25) is 0 Å². The third-order valence-corrected chi connectivity index (χ3v) is 4.61. The fraction of sp³-hybridized carbons (Fsp3) is 0.941. The summed E-state index contributed by atoms with van der Waals surface area (Å²) in [7, 11) is 0. The van der Waals surface area contributed by atoms with Gasteiger partial charge in [0.1, 0.15) is 5.60 Å². The van der Waals surface area contributed by atoms with Crippen molar-refractivity contribution in [1.29, 1.82) is 0 Å². The van der Waals surface area contributed by atoms with Crippen LogP contribution in [0.3, 0.4) is 0 Å². The molecule has 0 aromatic rings. The van der Waals surface area contributed by atoms with E-state index in [0.29, 0.717) is 19.1 Å². The van der Waals surface area contributed by atoms with Crippen LogP contribution in [0.15, 0.2) is 0 Å². The van der Waals surface area contributed by atoms with Crippen molar-refractivity contribution in [3.05, 3.63) is 0 Å². The summed E-state index contributed by atoms with van der Waals surface area (Å²) < 4.78 is 11.5. The van der Waals surface area contributed by atoms with E-state index in [2.05, 4.69) is 5.32 Å². The van der Waals surface area contributed by atoms with Gasteiger partial charge in [-0.1, -0.05) is 0 Å². The molecule has 2 aliphatic rings. The average molecular weight is 328 g/mol. The molecule has 0 bridgehead atoms. The van der Waals surface area contributed by atoms with Crippen molar-refractivity contribution in [2.75, 3.05) is 26.3 Å². The lowest BCUT2D eigenvalue weighted by Gasteiger charge is -2.46. The van der Waals surface area contributed by atoms with Crippen molar-refractivity contribution < 1.29 is 19.4 Å². The summed E-state index contributed by atoms with van der Waals surface area (Å²) in [6.45, 7) is 9.90. The topological polar surface area (TPSA) is 71.0 Å². The molecule has 2 heterocycles. The fourth-order valence-electron chi connectivity index (χ4n) is 3.40. The van der Waals surface area contributed by atoms with Crippen LogP contribution in [0.2, 0.25) is 0 Å². The monoisotopic (exact) mass is 328 g/mol. The Bertz CT molecular complexity index is 400. The number of aliphatic hydroxyl groups excluding tert-OH is 1. The van der Waals surface area contributed by atoms with Gasteiger partial charge in [-0.05, 0) is 53.4 Å². The first kappa shape index (κ1) is 18.5. The maximum atomic E-state index is 12.2. The lowest BCUT2D eigenvalue weighted by molar-refractivity contribution is -0.119. The molecule has 2 fully saturated rings. The van der Waals surface area contributed by atoms with Crippen molar-refractivity contribution in [2.24, 2.45) is 0 Å². The molecule has 2 saturated heterocycles. The third-order valence-electron chi connectivity index (χ3n) is 4.61. The van der Waals surface area contributed by atoms with E-state index in [1.54, 1.807) is 4.90 Å². The Hall–Kier alpha value is -0.850. The highest BCUT2D eigenvalue weighted by Crippen LogP contribution is 2.35. The second-order valence-corrected chi connectivity index (χ2v) is 7.94. The van der Waals surface area contributed by atoms with E-state index in [1.165, 1.54) is 0 Å². The molecule has 1 spiro atoms. The number of likely N-dealkylation sites (tertiary alicyclic amines) is 1. The van der Waals surface area contributed by atoms with Crippen LogP contribution < -0.4 is 5.32 Å². The largest absolute Gasteiger partial charge is 0.444 e. The molecule has 0 aromatic carbocycles. The number of hydrogen-bond acceptors (Lipinski definition) is 5. The molecule has 2 rings (SSSR count). The van der Waals surface area contributed by atoms with Gasteiger partial charge in [-0.15, -0.1) is 0 Å². The Balaban J connectivity index is 1.86. The van der Waals surface area contributed by atoms with Gasteiger partial charge in [0.25, 0.3) is 0 Å². The van der Waals surface area contributed by atoms with Crippen molar-refractivity contribution in [3.63, 3.8) is 0 Å². The number of piperidine rings is 1. The predicted octanol–water partition coefficient (Wildman–Crippen LogP) is 1.91. The summed E-state index contributed by atoms with van der Waals surface area (Å²) in [5, 5.41) is 12.7. The second kappa shape index (κ2) is 7.36. The molecule has 23 heavy (non-hydrogen) atoms. The van der Waals surface area contributed by atoms with E-state index in [4.69, 9.17) is 9.47 Å². The maximum Gasteiger partial charge on any atom is 0.410 e. The normalized spacial score (nSPS) is 26.1. The quantitative estimate of drug-likeness (QED) is 0.828. The smallest absolute Gasteiger partial charge is 0.410 e. The van der Waals surface area contributed by atoms with Crippen molar-refractivity contribution in [1.82, 2.24) is 10.2 Å². The highest BCUT2D eigenvalue weighted by molar-refractivity contribution is 5.68. The molecule has 0 saturated carbocycles. The van der Waals surface area contributed by atoms with Crippen LogP contribution in [0.4, 0.5) is 4.79 Å². The standard InChI is InChI=1S/C17H32N2O4/c1-13(12-20)18-14-5-10-22-17(11-14)6-8-19(9-7-17)15(21)23-16(2,3)4/h13-14,18,20H,5-12H2,1-4H3/t13-,14?/m0/s1. The number of carbonyl (C=O) groups is 1. The Morgan fingerprint density at radius 1 is 1.43 bits per heavy atom.